The van der Waals surface area contributed by atoms with Crippen LogP contribution in [0.4, 0.5) is 4.39 Å². The summed E-state index contributed by atoms with van der Waals surface area (Å²) >= 11 is 0. The molecule has 1 atom stereocenters. The van der Waals surface area contributed by atoms with Crippen molar-refractivity contribution in [2.45, 2.75) is 52.8 Å². The number of rotatable bonds is 7. The molecule has 6 nitrogen and oxygen atoms in total. The van der Waals surface area contributed by atoms with Crippen molar-refractivity contribution in [2.75, 3.05) is 26.7 Å². The Bertz CT molecular complexity index is 681. The van der Waals surface area contributed by atoms with Gasteiger partial charge in [-0.2, -0.15) is 5.10 Å². The molecule has 1 saturated heterocycles. The van der Waals surface area contributed by atoms with Crippen LogP contribution in [0, 0.1) is 19.8 Å². The summed E-state index contributed by atoms with van der Waals surface area (Å²) in [6, 6.07) is -0.727. The van der Waals surface area contributed by atoms with Crippen LogP contribution in [0.3, 0.4) is 0 Å². The first-order chi connectivity index (χ1) is 11.7. The third kappa shape index (κ3) is 4.45. The van der Waals surface area contributed by atoms with Gasteiger partial charge in [-0.05, 0) is 31.7 Å². The highest BCUT2D eigenvalue weighted by atomic mass is 19.1. The number of hydrogen-bond acceptors (Lipinski definition) is 5. The maximum absolute atomic E-state index is 13.0. The normalized spacial score (nSPS) is 16.8. The molecule has 0 aromatic carbocycles. The van der Waals surface area contributed by atoms with Gasteiger partial charge in [-0.15, -0.1) is 0 Å². The number of ether oxygens (including phenoxy) is 1. The topological polar surface area (TPSA) is 64.4 Å². The first-order valence-corrected chi connectivity index (χ1v) is 8.77. The minimum atomic E-state index is -0.737. The summed E-state index contributed by atoms with van der Waals surface area (Å²) < 4.78 is 19.1. The van der Waals surface area contributed by atoms with Gasteiger partial charge in [-0.1, -0.05) is 13.8 Å². The van der Waals surface area contributed by atoms with E-state index < -0.39 is 18.2 Å². The monoisotopic (exact) mass is 353 g/mol. The molecule has 0 saturated carbocycles. The molecular formula is C18H28FN3O3. The Morgan fingerprint density at radius 1 is 1.32 bits per heavy atom. The molecule has 0 radical (unpaired) electrons. The Kier molecular flexibility index (Phi) is 6.32. The second kappa shape index (κ2) is 8.08. The van der Waals surface area contributed by atoms with E-state index in [1.807, 2.05) is 25.7 Å². The van der Waals surface area contributed by atoms with Crippen LogP contribution < -0.4 is 5.56 Å². The van der Waals surface area contributed by atoms with Gasteiger partial charge < -0.3 is 4.74 Å². The van der Waals surface area contributed by atoms with Crippen molar-refractivity contribution >= 4 is 5.97 Å². The van der Waals surface area contributed by atoms with Crippen LogP contribution >= 0.6 is 0 Å². The van der Waals surface area contributed by atoms with E-state index in [4.69, 9.17) is 4.74 Å². The van der Waals surface area contributed by atoms with E-state index in [1.54, 1.807) is 6.92 Å². The van der Waals surface area contributed by atoms with Crippen LogP contribution in [-0.2, 0) is 16.0 Å². The largest absolute Gasteiger partial charge is 0.467 e. The Morgan fingerprint density at radius 2 is 1.96 bits per heavy atom. The quantitative estimate of drug-likeness (QED) is 0.700. The van der Waals surface area contributed by atoms with E-state index in [1.165, 1.54) is 11.8 Å². The molecule has 140 valence electrons. The van der Waals surface area contributed by atoms with Crippen molar-refractivity contribution in [1.82, 2.24) is 14.7 Å². The van der Waals surface area contributed by atoms with Gasteiger partial charge >= 0.3 is 5.97 Å². The molecule has 1 aromatic heterocycles. The number of aromatic nitrogens is 2. The third-order valence-corrected chi connectivity index (χ3v) is 4.79. The van der Waals surface area contributed by atoms with Crippen LogP contribution in [0.15, 0.2) is 4.79 Å². The highest BCUT2D eigenvalue weighted by Gasteiger charge is 2.28. The molecule has 0 bridgehead atoms. The SMILES string of the molecule is COC(=O)[C@H](CC(C)C)n1nc(CCN2CC(F)C2)c(C)c(C)c1=O. The molecular weight excluding hydrogens is 325 g/mol. The number of nitrogens with zero attached hydrogens (tertiary/aromatic N) is 3. The minimum absolute atomic E-state index is 0.213. The molecule has 7 heteroatoms. The predicted octanol–water partition coefficient (Wildman–Crippen LogP) is 1.82. The predicted molar refractivity (Wildman–Crippen MR) is 93.5 cm³/mol. The molecule has 0 amide bonds. The summed E-state index contributed by atoms with van der Waals surface area (Å²) in [5, 5.41) is 4.49. The summed E-state index contributed by atoms with van der Waals surface area (Å²) in [5.41, 5.74) is 1.95. The third-order valence-electron chi connectivity index (χ3n) is 4.79. The summed E-state index contributed by atoms with van der Waals surface area (Å²) in [6.07, 6.45) is 0.367. The van der Waals surface area contributed by atoms with E-state index in [-0.39, 0.29) is 11.5 Å². The minimum Gasteiger partial charge on any atom is -0.467 e. The fourth-order valence-corrected chi connectivity index (χ4v) is 3.08. The van der Waals surface area contributed by atoms with Crippen LogP contribution in [0.2, 0.25) is 0 Å². The number of carbonyl (C=O) groups is 1. The van der Waals surface area contributed by atoms with Gasteiger partial charge in [0.1, 0.15) is 6.17 Å². The average Bonchev–Trinajstić information content (AvgIpc) is 2.54. The standard InChI is InChI=1S/C18H28FN3O3/c1-11(2)8-16(18(24)25-5)22-17(23)13(4)12(3)15(20-22)6-7-21-9-14(19)10-21/h11,14,16H,6-10H2,1-5H3/t16-/m0/s1. The van der Waals surface area contributed by atoms with E-state index in [9.17, 15) is 14.0 Å². The number of esters is 1. The van der Waals surface area contributed by atoms with Crippen molar-refractivity contribution in [3.8, 4) is 0 Å². The molecule has 0 aliphatic carbocycles. The molecule has 2 heterocycles. The second-order valence-electron chi connectivity index (χ2n) is 7.22. The first kappa shape index (κ1) is 19.6. The van der Waals surface area contributed by atoms with E-state index in [0.29, 0.717) is 38.0 Å². The van der Waals surface area contributed by atoms with Gasteiger partial charge in [-0.3, -0.25) is 9.69 Å². The lowest BCUT2D eigenvalue weighted by atomic mass is 10.0. The van der Waals surface area contributed by atoms with Gasteiger partial charge in [0, 0.05) is 31.6 Å². The number of alkyl halides is 1. The summed E-state index contributed by atoms with van der Waals surface area (Å²) in [6.45, 7) is 9.20. The summed E-state index contributed by atoms with van der Waals surface area (Å²) in [7, 11) is 1.32. The van der Waals surface area contributed by atoms with Crippen LogP contribution in [-0.4, -0.2) is 53.6 Å². The number of carbonyl (C=O) groups excluding carboxylic acids is 1. The zero-order valence-electron chi connectivity index (χ0n) is 15.7. The lowest BCUT2D eigenvalue weighted by Crippen LogP contribution is -2.49. The van der Waals surface area contributed by atoms with E-state index in [2.05, 4.69) is 5.10 Å². The van der Waals surface area contributed by atoms with Gasteiger partial charge in [0.05, 0.1) is 12.8 Å². The fraction of sp³-hybridized carbons (Fsp3) is 0.722. The molecule has 1 fully saturated rings. The van der Waals surface area contributed by atoms with Crippen molar-refractivity contribution in [2.24, 2.45) is 5.92 Å². The van der Waals surface area contributed by atoms with E-state index in [0.717, 1.165) is 11.3 Å². The number of methoxy groups -OCH3 is 1. The number of likely N-dealkylation sites (tertiary alicyclic amines) is 1. The van der Waals surface area contributed by atoms with Crippen LogP contribution in [0.1, 0.15) is 43.1 Å². The molecule has 0 N–H and O–H groups in total. The lowest BCUT2D eigenvalue weighted by Gasteiger charge is -2.34. The Balaban J connectivity index is 2.32. The molecule has 0 unspecified atom stereocenters. The summed E-state index contributed by atoms with van der Waals surface area (Å²) in [5.74, 6) is -0.244. The Hall–Kier alpha value is -1.76. The smallest absolute Gasteiger partial charge is 0.330 e. The number of hydrogen-bond donors (Lipinski definition) is 0. The van der Waals surface area contributed by atoms with Crippen LogP contribution in [0.25, 0.3) is 0 Å². The van der Waals surface area contributed by atoms with Gasteiger partial charge in [0.25, 0.3) is 5.56 Å². The van der Waals surface area contributed by atoms with Gasteiger partial charge in [0.15, 0.2) is 6.04 Å². The lowest BCUT2D eigenvalue weighted by molar-refractivity contribution is -0.145. The molecule has 25 heavy (non-hydrogen) atoms. The molecule has 1 aromatic rings. The van der Waals surface area contributed by atoms with E-state index >= 15 is 0 Å². The maximum Gasteiger partial charge on any atom is 0.330 e. The molecule has 2 rings (SSSR count). The molecule has 1 aliphatic rings. The Labute approximate surface area is 148 Å². The Morgan fingerprint density at radius 3 is 2.48 bits per heavy atom. The molecule has 1 aliphatic heterocycles. The van der Waals surface area contributed by atoms with Gasteiger partial charge in [-0.25, -0.2) is 13.9 Å². The first-order valence-electron chi connectivity index (χ1n) is 8.77. The second-order valence-corrected chi connectivity index (χ2v) is 7.22. The van der Waals surface area contributed by atoms with Crippen molar-refractivity contribution < 1.29 is 13.9 Å². The maximum atomic E-state index is 13.0. The van der Waals surface area contributed by atoms with Crippen molar-refractivity contribution in [1.29, 1.82) is 0 Å². The van der Waals surface area contributed by atoms with Crippen molar-refractivity contribution in [3.63, 3.8) is 0 Å². The zero-order chi connectivity index (χ0) is 18.7. The summed E-state index contributed by atoms with van der Waals surface area (Å²) in [4.78, 5) is 26.9. The fourth-order valence-electron chi connectivity index (χ4n) is 3.08. The highest BCUT2D eigenvalue weighted by Crippen LogP contribution is 2.19. The highest BCUT2D eigenvalue weighted by molar-refractivity contribution is 5.73. The zero-order valence-corrected chi connectivity index (χ0v) is 15.7. The van der Waals surface area contributed by atoms with Crippen molar-refractivity contribution in [3.05, 3.63) is 27.2 Å². The number of halogens is 1. The molecule has 0 spiro atoms. The average molecular weight is 353 g/mol. The van der Waals surface area contributed by atoms with Crippen LogP contribution in [0.5, 0.6) is 0 Å². The van der Waals surface area contributed by atoms with Gasteiger partial charge in [0.2, 0.25) is 0 Å².